The zero-order valence-electron chi connectivity index (χ0n) is 13.5. The van der Waals surface area contributed by atoms with Gasteiger partial charge in [0.25, 0.3) is 0 Å². The van der Waals surface area contributed by atoms with E-state index < -0.39 is 0 Å². The Labute approximate surface area is 150 Å². The number of amides is 1. The lowest BCUT2D eigenvalue weighted by Crippen LogP contribution is -2.40. The number of nitrogens with two attached hydrogens (primary N) is 1. The molecular weight excluding hydrogens is 346 g/mol. The van der Waals surface area contributed by atoms with E-state index in [4.69, 9.17) is 17.4 Å². The van der Waals surface area contributed by atoms with E-state index in [9.17, 15) is 4.79 Å². The second kappa shape index (κ2) is 7.44. The topological polar surface area (TPSA) is 77.0 Å². The molecule has 24 heavy (non-hydrogen) atoms. The number of benzene rings is 1. The van der Waals surface area contributed by atoms with E-state index in [-0.39, 0.29) is 5.91 Å². The average molecular weight is 366 g/mol. The van der Waals surface area contributed by atoms with E-state index in [2.05, 4.69) is 17.1 Å². The Morgan fingerprint density at radius 3 is 2.96 bits per heavy atom. The number of likely N-dealkylation sites (tertiary alicyclic amines) is 1. The molecule has 1 fully saturated rings. The molecule has 1 aliphatic rings. The summed E-state index contributed by atoms with van der Waals surface area (Å²) in [5.41, 5.74) is 0.720. The van der Waals surface area contributed by atoms with Gasteiger partial charge >= 0.3 is 0 Å². The van der Waals surface area contributed by atoms with Gasteiger partial charge in [0.2, 0.25) is 11.1 Å². The van der Waals surface area contributed by atoms with Crippen molar-refractivity contribution in [2.75, 3.05) is 24.7 Å². The van der Waals surface area contributed by atoms with Crippen LogP contribution in [0.3, 0.4) is 0 Å². The molecule has 1 aliphatic heterocycles. The Kier molecular flexibility index (Phi) is 5.30. The summed E-state index contributed by atoms with van der Waals surface area (Å²) in [5.74, 6) is 7.56. The van der Waals surface area contributed by atoms with Gasteiger partial charge in [-0.25, -0.2) is 4.68 Å². The third-order valence-electron chi connectivity index (χ3n) is 4.11. The molecule has 6 nitrogen and oxygen atoms in total. The summed E-state index contributed by atoms with van der Waals surface area (Å²) < 4.78 is 1.39. The number of rotatable bonds is 4. The lowest BCUT2D eigenvalue weighted by Gasteiger charge is -2.30. The molecule has 1 aromatic carbocycles. The fourth-order valence-corrected chi connectivity index (χ4v) is 3.81. The normalized spacial score (nSPS) is 17.9. The fraction of sp³-hybridized carbons (Fsp3) is 0.438. The highest BCUT2D eigenvalue weighted by Crippen LogP contribution is 2.27. The van der Waals surface area contributed by atoms with E-state index in [0.717, 1.165) is 25.1 Å². The van der Waals surface area contributed by atoms with Gasteiger partial charge in [-0.05, 0) is 30.9 Å². The van der Waals surface area contributed by atoms with Crippen molar-refractivity contribution in [1.82, 2.24) is 19.8 Å². The number of hydrogen-bond acceptors (Lipinski definition) is 5. The molecular formula is C16H20ClN5OS. The maximum Gasteiger partial charge on any atom is 0.233 e. The van der Waals surface area contributed by atoms with Crippen molar-refractivity contribution in [1.29, 1.82) is 0 Å². The number of nitrogen functional groups attached to an aromatic ring is 1. The van der Waals surface area contributed by atoms with Gasteiger partial charge in [-0.15, -0.1) is 10.2 Å². The number of aromatic nitrogens is 3. The molecule has 1 aromatic heterocycles. The maximum atomic E-state index is 12.3. The number of carbonyl (C=O) groups is 1. The molecule has 2 aromatic rings. The van der Waals surface area contributed by atoms with Crippen LogP contribution in [0, 0.1) is 5.92 Å². The van der Waals surface area contributed by atoms with Crippen LogP contribution in [-0.4, -0.2) is 44.5 Å². The monoisotopic (exact) mass is 365 g/mol. The van der Waals surface area contributed by atoms with Gasteiger partial charge in [0.15, 0.2) is 5.82 Å². The molecule has 0 radical (unpaired) electrons. The molecule has 2 heterocycles. The van der Waals surface area contributed by atoms with Crippen molar-refractivity contribution in [3.63, 3.8) is 0 Å². The van der Waals surface area contributed by atoms with E-state index in [1.807, 2.05) is 23.1 Å². The summed E-state index contributed by atoms with van der Waals surface area (Å²) in [6, 6.07) is 7.32. The maximum absolute atomic E-state index is 12.3. The van der Waals surface area contributed by atoms with Gasteiger partial charge in [0, 0.05) is 18.7 Å². The van der Waals surface area contributed by atoms with Crippen LogP contribution in [0.25, 0.3) is 11.4 Å². The van der Waals surface area contributed by atoms with Crippen molar-refractivity contribution in [2.45, 2.75) is 24.9 Å². The standard InChI is InChI=1S/C16H20ClN5OS/c1-11-5-4-8-21(9-11)14(23)10-24-16-20-19-15(22(16)18)12-6-2-3-7-13(12)17/h2-3,6-7,11H,4-5,8-10,18H2,1H3. The highest BCUT2D eigenvalue weighted by molar-refractivity contribution is 7.99. The number of nitrogens with zero attached hydrogens (tertiary/aromatic N) is 4. The van der Waals surface area contributed by atoms with Crippen LogP contribution in [-0.2, 0) is 4.79 Å². The Morgan fingerprint density at radius 1 is 1.42 bits per heavy atom. The van der Waals surface area contributed by atoms with Gasteiger partial charge in [-0.2, -0.15) is 0 Å². The summed E-state index contributed by atoms with van der Waals surface area (Å²) in [7, 11) is 0. The first kappa shape index (κ1) is 17.1. The Bertz CT molecular complexity index is 735. The highest BCUT2D eigenvalue weighted by Gasteiger charge is 2.22. The number of carbonyl (C=O) groups excluding carboxylic acids is 1. The minimum atomic E-state index is 0.119. The minimum absolute atomic E-state index is 0.119. The van der Waals surface area contributed by atoms with Gasteiger partial charge in [-0.1, -0.05) is 42.4 Å². The molecule has 1 unspecified atom stereocenters. The first-order valence-electron chi connectivity index (χ1n) is 7.92. The number of hydrogen-bond donors (Lipinski definition) is 1. The van der Waals surface area contributed by atoms with Crippen molar-refractivity contribution in [3.05, 3.63) is 29.3 Å². The van der Waals surface area contributed by atoms with Crippen LogP contribution >= 0.6 is 23.4 Å². The molecule has 1 saturated heterocycles. The van der Waals surface area contributed by atoms with Crippen molar-refractivity contribution < 1.29 is 4.79 Å². The van der Waals surface area contributed by atoms with Gasteiger partial charge in [-0.3, -0.25) is 4.79 Å². The Morgan fingerprint density at radius 2 is 2.21 bits per heavy atom. The second-order valence-corrected chi connectivity index (χ2v) is 7.38. The summed E-state index contributed by atoms with van der Waals surface area (Å²) >= 11 is 7.48. The lowest BCUT2D eigenvalue weighted by atomic mass is 10.0. The Balaban J connectivity index is 1.66. The van der Waals surface area contributed by atoms with E-state index in [1.165, 1.54) is 22.9 Å². The highest BCUT2D eigenvalue weighted by atomic mass is 35.5. The summed E-state index contributed by atoms with van der Waals surface area (Å²) in [5, 5.41) is 9.26. The van der Waals surface area contributed by atoms with Crippen LogP contribution in [0.4, 0.5) is 0 Å². The largest absolute Gasteiger partial charge is 0.342 e. The van der Waals surface area contributed by atoms with E-state index in [1.54, 1.807) is 6.07 Å². The first-order valence-corrected chi connectivity index (χ1v) is 9.28. The third kappa shape index (κ3) is 3.67. The number of halogens is 1. The molecule has 8 heteroatoms. The van der Waals surface area contributed by atoms with Gasteiger partial charge in [0.1, 0.15) is 0 Å². The van der Waals surface area contributed by atoms with Crippen molar-refractivity contribution >= 4 is 29.3 Å². The van der Waals surface area contributed by atoms with Crippen LogP contribution in [0.1, 0.15) is 19.8 Å². The minimum Gasteiger partial charge on any atom is -0.342 e. The third-order valence-corrected chi connectivity index (χ3v) is 5.37. The lowest BCUT2D eigenvalue weighted by molar-refractivity contribution is -0.130. The van der Waals surface area contributed by atoms with Gasteiger partial charge < -0.3 is 10.7 Å². The molecule has 1 atom stereocenters. The summed E-state index contributed by atoms with van der Waals surface area (Å²) in [4.78, 5) is 14.3. The predicted octanol–water partition coefficient (Wildman–Crippen LogP) is 2.66. The zero-order valence-corrected chi connectivity index (χ0v) is 15.1. The summed E-state index contributed by atoms with van der Waals surface area (Å²) in [6.45, 7) is 3.85. The summed E-state index contributed by atoms with van der Waals surface area (Å²) in [6.07, 6.45) is 2.26. The Hall–Kier alpha value is -1.73. The number of piperidine rings is 1. The van der Waals surface area contributed by atoms with E-state index >= 15 is 0 Å². The van der Waals surface area contributed by atoms with Crippen molar-refractivity contribution in [2.24, 2.45) is 5.92 Å². The smallest absolute Gasteiger partial charge is 0.233 e. The van der Waals surface area contributed by atoms with Crippen LogP contribution in [0.5, 0.6) is 0 Å². The fourth-order valence-electron chi connectivity index (χ4n) is 2.84. The molecule has 1 amide bonds. The molecule has 0 bridgehead atoms. The molecule has 0 saturated carbocycles. The molecule has 128 valence electrons. The van der Waals surface area contributed by atoms with Crippen LogP contribution < -0.4 is 5.84 Å². The average Bonchev–Trinajstić information content (AvgIpc) is 2.94. The van der Waals surface area contributed by atoms with E-state index in [0.29, 0.717) is 27.7 Å². The predicted molar refractivity (Wildman–Crippen MR) is 96.3 cm³/mol. The molecule has 3 rings (SSSR count). The second-order valence-electron chi connectivity index (χ2n) is 6.03. The molecule has 2 N–H and O–H groups in total. The van der Waals surface area contributed by atoms with Gasteiger partial charge in [0.05, 0.1) is 10.8 Å². The zero-order chi connectivity index (χ0) is 17.1. The first-order chi connectivity index (χ1) is 11.6. The molecule has 0 spiro atoms. The SMILES string of the molecule is CC1CCCN(C(=O)CSc2nnc(-c3ccccc3Cl)n2N)C1. The molecule has 0 aliphatic carbocycles. The van der Waals surface area contributed by atoms with Crippen LogP contribution in [0.2, 0.25) is 5.02 Å². The quantitative estimate of drug-likeness (QED) is 0.665. The van der Waals surface area contributed by atoms with Crippen LogP contribution in [0.15, 0.2) is 29.4 Å². The number of thioether (sulfide) groups is 1. The van der Waals surface area contributed by atoms with Crippen molar-refractivity contribution in [3.8, 4) is 11.4 Å².